The molecule has 2 atom stereocenters. The van der Waals surface area contributed by atoms with Crippen LogP contribution in [0.4, 0.5) is 5.69 Å². The summed E-state index contributed by atoms with van der Waals surface area (Å²) in [5, 5.41) is 12.2. The molecule has 3 N–H and O–H groups in total. The summed E-state index contributed by atoms with van der Waals surface area (Å²) in [4.78, 5) is 11.1. The first-order valence-corrected chi connectivity index (χ1v) is 9.57. The molecule has 2 rings (SSSR count). The SMILES string of the molecule is CC[C@H](C)NS(=O)(=O)c1cc(C(=O)O)ccc1NC[C@@H]1CCCO1. The van der Waals surface area contributed by atoms with Crippen molar-refractivity contribution in [2.24, 2.45) is 0 Å². The number of ether oxygens (including phenoxy) is 1. The molecule has 0 radical (unpaired) electrons. The predicted octanol–water partition coefficient (Wildman–Crippen LogP) is 2.05. The number of rotatable bonds is 8. The van der Waals surface area contributed by atoms with E-state index in [1.807, 2.05) is 6.92 Å². The van der Waals surface area contributed by atoms with Crippen LogP contribution in [0.5, 0.6) is 0 Å². The molecule has 1 aliphatic heterocycles. The maximum Gasteiger partial charge on any atom is 0.335 e. The van der Waals surface area contributed by atoms with Gasteiger partial charge in [0.05, 0.1) is 17.4 Å². The van der Waals surface area contributed by atoms with Crippen molar-refractivity contribution >= 4 is 21.7 Å². The summed E-state index contributed by atoms with van der Waals surface area (Å²) in [7, 11) is -3.82. The van der Waals surface area contributed by atoms with Gasteiger partial charge in [-0.25, -0.2) is 17.9 Å². The van der Waals surface area contributed by atoms with Crippen molar-refractivity contribution in [1.29, 1.82) is 0 Å². The molecule has 0 amide bonds. The minimum absolute atomic E-state index is 0.0437. The average molecular weight is 356 g/mol. The molecule has 1 saturated heterocycles. The van der Waals surface area contributed by atoms with Crippen LogP contribution < -0.4 is 10.0 Å². The molecule has 0 aromatic heterocycles. The first kappa shape index (κ1) is 18.7. The number of hydrogen-bond acceptors (Lipinski definition) is 5. The second kappa shape index (κ2) is 7.96. The van der Waals surface area contributed by atoms with Crippen molar-refractivity contribution in [1.82, 2.24) is 4.72 Å². The summed E-state index contributed by atoms with van der Waals surface area (Å²) in [6.07, 6.45) is 2.59. The van der Waals surface area contributed by atoms with Crippen LogP contribution in [0.1, 0.15) is 43.5 Å². The highest BCUT2D eigenvalue weighted by atomic mass is 32.2. The highest BCUT2D eigenvalue weighted by Gasteiger charge is 2.23. The van der Waals surface area contributed by atoms with Gasteiger partial charge in [0.25, 0.3) is 0 Å². The molecule has 24 heavy (non-hydrogen) atoms. The number of nitrogens with one attached hydrogen (secondary N) is 2. The number of aromatic carboxylic acids is 1. The van der Waals surface area contributed by atoms with Crippen LogP contribution >= 0.6 is 0 Å². The third-order valence-electron chi connectivity index (χ3n) is 4.03. The monoisotopic (exact) mass is 356 g/mol. The van der Waals surface area contributed by atoms with E-state index in [-0.39, 0.29) is 22.6 Å². The summed E-state index contributed by atoms with van der Waals surface area (Å²) in [5.74, 6) is -1.17. The van der Waals surface area contributed by atoms with E-state index in [0.717, 1.165) is 12.8 Å². The molecule has 1 aromatic carbocycles. The summed E-state index contributed by atoms with van der Waals surface area (Å²) in [6.45, 7) is 4.83. The Morgan fingerprint density at radius 2 is 2.21 bits per heavy atom. The fourth-order valence-corrected chi connectivity index (χ4v) is 4.00. The summed E-state index contributed by atoms with van der Waals surface area (Å²) in [5.41, 5.74) is 0.313. The van der Waals surface area contributed by atoms with Gasteiger partial charge in [0.2, 0.25) is 10.0 Å². The fourth-order valence-electron chi connectivity index (χ4n) is 2.46. The van der Waals surface area contributed by atoms with Gasteiger partial charge >= 0.3 is 5.97 Å². The zero-order chi connectivity index (χ0) is 17.7. The lowest BCUT2D eigenvalue weighted by molar-refractivity contribution is 0.0696. The van der Waals surface area contributed by atoms with E-state index < -0.39 is 16.0 Å². The molecule has 7 nitrogen and oxygen atoms in total. The van der Waals surface area contributed by atoms with Gasteiger partial charge < -0.3 is 15.2 Å². The van der Waals surface area contributed by atoms with E-state index in [1.165, 1.54) is 18.2 Å². The standard InChI is InChI=1S/C16H24N2O5S/c1-3-11(2)18-24(21,22)15-9-12(16(19)20)6-7-14(15)17-10-13-5-4-8-23-13/h6-7,9,11,13,17-18H,3-5,8,10H2,1-2H3,(H,19,20)/t11-,13-/m0/s1. The van der Waals surface area contributed by atoms with E-state index in [0.29, 0.717) is 25.3 Å². The van der Waals surface area contributed by atoms with Gasteiger partial charge in [0.15, 0.2) is 0 Å². The number of sulfonamides is 1. The molecule has 1 aliphatic rings. The molecule has 8 heteroatoms. The number of carboxylic acids is 1. The van der Waals surface area contributed by atoms with E-state index in [2.05, 4.69) is 10.0 Å². The number of anilines is 1. The molecule has 0 spiro atoms. The second-order valence-electron chi connectivity index (χ2n) is 5.96. The number of carboxylic acid groups (broad SMARTS) is 1. The molecule has 0 saturated carbocycles. The average Bonchev–Trinajstić information content (AvgIpc) is 3.05. The maximum absolute atomic E-state index is 12.6. The van der Waals surface area contributed by atoms with Gasteiger partial charge in [-0.3, -0.25) is 0 Å². The minimum atomic E-state index is -3.82. The Kier molecular flexibility index (Phi) is 6.20. The molecule has 134 valence electrons. The van der Waals surface area contributed by atoms with Crippen LogP contribution in [0.15, 0.2) is 23.1 Å². The van der Waals surface area contributed by atoms with Crippen molar-refractivity contribution in [2.45, 2.75) is 50.2 Å². The third kappa shape index (κ3) is 4.68. The molecule has 1 aromatic rings. The van der Waals surface area contributed by atoms with E-state index >= 15 is 0 Å². The normalized spacial score (nSPS) is 19.2. The number of benzene rings is 1. The van der Waals surface area contributed by atoms with E-state index in [9.17, 15) is 13.2 Å². The first-order valence-electron chi connectivity index (χ1n) is 8.08. The summed E-state index contributed by atoms with van der Waals surface area (Å²) < 4.78 is 33.3. The predicted molar refractivity (Wildman–Crippen MR) is 90.9 cm³/mol. The van der Waals surface area contributed by atoms with Crippen LogP contribution in [0.25, 0.3) is 0 Å². The summed E-state index contributed by atoms with van der Waals surface area (Å²) in [6, 6.07) is 3.83. The largest absolute Gasteiger partial charge is 0.478 e. The molecule has 0 unspecified atom stereocenters. The van der Waals surface area contributed by atoms with Crippen LogP contribution in [0, 0.1) is 0 Å². The van der Waals surface area contributed by atoms with E-state index in [4.69, 9.17) is 9.84 Å². The zero-order valence-electron chi connectivity index (χ0n) is 13.9. The highest BCUT2D eigenvalue weighted by Crippen LogP contribution is 2.24. The Balaban J connectivity index is 2.29. The summed E-state index contributed by atoms with van der Waals surface area (Å²) >= 11 is 0. The highest BCUT2D eigenvalue weighted by molar-refractivity contribution is 7.89. The molecular weight excluding hydrogens is 332 g/mol. The van der Waals surface area contributed by atoms with Crippen molar-refractivity contribution in [3.8, 4) is 0 Å². The zero-order valence-corrected chi connectivity index (χ0v) is 14.7. The quantitative estimate of drug-likeness (QED) is 0.658. The van der Waals surface area contributed by atoms with Crippen molar-refractivity contribution in [3.05, 3.63) is 23.8 Å². The van der Waals surface area contributed by atoms with Crippen molar-refractivity contribution in [2.75, 3.05) is 18.5 Å². The maximum atomic E-state index is 12.6. The van der Waals surface area contributed by atoms with Crippen LogP contribution in [0.3, 0.4) is 0 Å². The Labute approximate surface area is 142 Å². The van der Waals surface area contributed by atoms with Gasteiger partial charge in [0.1, 0.15) is 4.90 Å². The Morgan fingerprint density at radius 1 is 1.46 bits per heavy atom. The molecule has 1 heterocycles. The van der Waals surface area contributed by atoms with Crippen LogP contribution in [-0.2, 0) is 14.8 Å². The Bertz CT molecular complexity index is 684. The molecule has 0 bridgehead atoms. The third-order valence-corrected chi connectivity index (χ3v) is 5.66. The lowest BCUT2D eigenvalue weighted by Gasteiger charge is -2.18. The van der Waals surface area contributed by atoms with Gasteiger partial charge in [0, 0.05) is 19.2 Å². The topological polar surface area (TPSA) is 105 Å². The fraction of sp³-hybridized carbons (Fsp3) is 0.562. The van der Waals surface area contributed by atoms with E-state index in [1.54, 1.807) is 6.92 Å². The van der Waals surface area contributed by atoms with Gasteiger partial charge in [-0.2, -0.15) is 0 Å². The van der Waals surface area contributed by atoms with Gasteiger partial charge in [-0.15, -0.1) is 0 Å². The molecular formula is C16H24N2O5S. The lowest BCUT2D eigenvalue weighted by atomic mass is 10.2. The van der Waals surface area contributed by atoms with Crippen molar-refractivity contribution < 1.29 is 23.1 Å². The van der Waals surface area contributed by atoms with Crippen LogP contribution in [0.2, 0.25) is 0 Å². The Hall–Kier alpha value is -1.64. The number of hydrogen-bond donors (Lipinski definition) is 3. The molecule has 0 aliphatic carbocycles. The molecule has 1 fully saturated rings. The second-order valence-corrected chi connectivity index (χ2v) is 7.65. The van der Waals surface area contributed by atoms with Crippen LogP contribution in [-0.4, -0.2) is 44.8 Å². The smallest absolute Gasteiger partial charge is 0.335 e. The van der Waals surface area contributed by atoms with Gasteiger partial charge in [-0.05, 0) is 44.4 Å². The van der Waals surface area contributed by atoms with Gasteiger partial charge in [-0.1, -0.05) is 6.92 Å². The first-order chi connectivity index (χ1) is 11.3. The lowest BCUT2D eigenvalue weighted by Crippen LogP contribution is -2.33. The minimum Gasteiger partial charge on any atom is -0.478 e. The van der Waals surface area contributed by atoms with Crippen molar-refractivity contribution in [3.63, 3.8) is 0 Å². The Morgan fingerprint density at radius 3 is 2.79 bits per heavy atom. The number of carbonyl (C=O) groups is 1.